The number of nitrogens with zero attached hydrogens (tertiary/aromatic N) is 1. The molecule has 5 heteroatoms. The summed E-state index contributed by atoms with van der Waals surface area (Å²) in [5.41, 5.74) is 8.13. The highest BCUT2D eigenvalue weighted by molar-refractivity contribution is 5.98. The van der Waals surface area contributed by atoms with Gasteiger partial charge in [0.1, 0.15) is 0 Å². The van der Waals surface area contributed by atoms with Crippen LogP contribution in [0.1, 0.15) is 49.5 Å². The van der Waals surface area contributed by atoms with Crippen LogP contribution in [-0.4, -0.2) is 39.3 Å². The molecule has 0 bridgehead atoms. The fourth-order valence-corrected chi connectivity index (χ4v) is 3.21. The van der Waals surface area contributed by atoms with Gasteiger partial charge in [0.15, 0.2) is 0 Å². The number of primary amides is 1. The molecule has 0 aromatic heterocycles. The maximum absolute atomic E-state index is 11.9. The molecule has 1 aliphatic heterocycles. The molecule has 0 atom stereocenters. The number of carbonyl (C=O) groups is 1. The number of hydrogen-bond donors (Lipinski definition) is 2. The fourth-order valence-electron chi connectivity index (χ4n) is 3.21. The topological polar surface area (TPSA) is 67.6 Å². The van der Waals surface area contributed by atoms with Gasteiger partial charge in [-0.15, -0.1) is 0 Å². The summed E-state index contributed by atoms with van der Waals surface area (Å²) in [5, 5.41) is 3.50. The lowest BCUT2D eigenvalue weighted by Crippen LogP contribution is -2.39. The first-order valence-corrected chi connectivity index (χ1v) is 8.78. The van der Waals surface area contributed by atoms with Crippen molar-refractivity contribution in [3.05, 3.63) is 29.3 Å². The lowest BCUT2D eigenvalue weighted by Gasteiger charge is -2.35. The molecule has 0 unspecified atom stereocenters. The normalized spacial score (nSPS) is 16.4. The second kappa shape index (κ2) is 7.99. The quantitative estimate of drug-likeness (QED) is 0.752. The van der Waals surface area contributed by atoms with Crippen molar-refractivity contribution in [1.82, 2.24) is 5.32 Å². The van der Waals surface area contributed by atoms with Gasteiger partial charge in [0.2, 0.25) is 0 Å². The van der Waals surface area contributed by atoms with Crippen LogP contribution < -0.4 is 16.0 Å². The molecular formula is C19H31N3O2. The Morgan fingerprint density at radius 2 is 2.04 bits per heavy atom. The average molecular weight is 333 g/mol. The van der Waals surface area contributed by atoms with Crippen LogP contribution in [0.15, 0.2) is 18.2 Å². The van der Waals surface area contributed by atoms with E-state index in [4.69, 9.17) is 10.5 Å². The number of anilines is 1. The van der Waals surface area contributed by atoms with Crippen molar-refractivity contribution in [2.24, 2.45) is 11.7 Å². The lowest BCUT2D eigenvalue weighted by molar-refractivity contribution is 0.100. The van der Waals surface area contributed by atoms with Crippen LogP contribution in [0.5, 0.6) is 0 Å². The second-order valence-electron chi connectivity index (χ2n) is 7.31. The van der Waals surface area contributed by atoms with Crippen LogP contribution in [-0.2, 0) is 10.3 Å². The molecule has 3 N–H and O–H groups in total. The Morgan fingerprint density at radius 1 is 1.38 bits per heavy atom. The van der Waals surface area contributed by atoms with Gasteiger partial charge in [-0.2, -0.15) is 0 Å². The van der Waals surface area contributed by atoms with Gasteiger partial charge in [-0.3, -0.25) is 4.79 Å². The number of rotatable bonds is 7. The summed E-state index contributed by atoms with van der Waals surface area (Å²) < 4.78 is 5.12. The molecule has 1 amide bonds. The van der Waals surface area contributed by atoms with Gasteiger partial charge in [0.05, 0.1) is 12.2 Å². The molecule has 1 heterocycles. The molecule has 1 aliphatic rings. The van der Waals surface area contributed by atoms with Crippen molar-refractivity contribution in [1.29, 1.82) is 0 Å². The fraction of sp³-hybridized carbons (Fsp3) is 0.632. The Balaban J connectivity index is 2.28. The van der Waals surface area contributed by atoms with Crippen molar-refractivity contribution in [3.63, 3.8) is 0 Å². The van der Waals surface area contributed by atoms with Gasteiger partial charge in [0.25, 0.3) is 5.91 Å². The molecule has 1 aromatic rings. The summed E-state index contributed by atoms with van der Waals surface area (Å²) in [6.45, 7) is 9.96. The molecule has 24 heavy (non-hydrogen) atoms. The van der Waals surface area contributed by atoms with Gasteiger partial charge in [0, 0.05) is 38.0 Å². The summed E-state index contributed by atoms with van der Waals surface area (Å²) >= 11 is 0. The highest BCUT2D eigenvalue weighted by atomic mass is 16.5. The minimum Gasteiger partial charge on any atom is -0.383 e. The van der Waals surface area contributed by atoms with E-state index in [2.05, 4.69) is 37.1 Å². The molecule has 0 spiro atoms. The van der Waals surface area contributed by atoms with E-state index in [9.17, 15) is 4.79 Å². The number of nitrogens with one attached hydrogen (secondary N) is 1. The monoisotopic (exact) mass is 333 g/mol. The van der Waals surface area contributed by atoms with Crippen molar-refractivity contribution >= 4 is 11.6 Å². The molecular weight excluding hydrogens is 302 g/mol. The lowest BCUT2D eigenvalue weighted by atomic mass is 9.91. The Kier molecular flexibility index (Phi) is 6.24. The van der Waals surface area contributed by atoms with Crippen LogP contribution in [0.2, 0.25) is 0 Å². The van der Waals surface area contributed by atoms with E-state index in [-0.39, 0.29) is 11.4 Å². The molecule has 1 saturated heterocycles. The predicted octanol–water partition coefficient (Wildman–Crippen LogP) is 2.49. The second-order valence-corrected chi connectivity index (χ2v) is 7.31. The van der Waals surface area contributed by atoms with Gasteiger partial charge < -0.3 is 20.7 Å². The Bertz CT molecular complexity index is 564. The molecule has 5 nitrogen and oxygen atoms in total. The third-order valence-electron chi connectivity index (χ3n) is 4.98. The third-order valence-corrected chi connectivity index (χ3v) is 4.98. The van der Waals surface area contributed by atoms with E-state index >= 15 is 0 Å². The standard InChI is InChI=1S/C19H31N3O2/c1-14-7-10-22(11-8-14)17-13-15(5-6-16(17)18(20)23)19(2,3)21-9-12-24-4/h5-6,13-14,21H,7-12H2,1-4H3,(H2,20,23). The number of methoxy groups -OCH3 is 1. The van der Waals surface area contributed by atoms with Crippen LogP contribution in [0.4, 0.5) is 5.69 Å². The minimum atomic E-state index is -0.361. The van der Waals surface area contributed by atoms with Crippen LogP contribution >= 0.6 is 0 Å². The minimum absolute atomic E-state index is 0.202. The van der Waals surface area contributed by atoms with Gasteiger partial charge >= 0.3 is 0 Å². The summed E-state index contributed by atoms with van der Waals surface area (Å²) in [6, 6.07) is 5.98. The number of hydrogen-bond acceptors (Lipinski definition) is 4. The number of carbonyl (C=O) groups excluding carboxylic acids is 1. The predicted molar refractivity (Wildman–Crippen MR) is 98.5 cm³/mol. The Morgan fingerprint density at radius 3 is 2.62 bits per heavy atom. The van der Waals surface area contributed by atoms with Gasteiger partial charge in [-0.05, 0) is 50.3 Å². The molecule has 1 aromatic carbocycles. The third kappa shape index (κ3) is 4.48. The average Bonchev–Trinajstić information content (AvgIpc) is 2.55. The van der Waals surface area contributed by atoms with Crippen molar-refractivity contribution in [3.8, 4) is 0 Å². The van der Waals surface area contributed by atoms with E-state index in [0.717, 1.165) is 49.6 Å². The van der Waals surface area contributed by atoms with Gasteiger partial charge in [-0.1, -0.05) is 13.0 Å². The summed E-state index contributed by atoms with van der Waals surface area (Å²) in [4.78, 5) is 14.2. The molecule has 0 saturated carbocycles. The maximum atomic E-state index is 11.9. The molecule has 134 valence electrons. The van der Waals surface area contributed by atoms with Crippen LogP contribution in [0, 0.1) is 5.92 Å². The zero-order valence-electron chi connectivity index (χ0n) is 15.4. The largest absolute Gasteiger partial charge is 0.383 e. The van der Waals surface area contributed by atoms with E-state index in [1.54, 1.807) is 7.11 Å². The zero-order valence-corrected chi connectivity index (χ0v) is 15.4. The number of piperidine rings is 1. The number of nitrogens with two attached hydrogens (primary N) is 1. The Labute approximate surface area is 145 Å². The first-order chi connectivity index (χ1) is 11.3. The first kappa shape index (κ1) is 18.7. The van der Waals surface area contributed by atoms with E-state index in [0.29, 0.717) is 12.2 Å². The number of benzene rings is 1. The molecule has 0 aliphatic carbocycles. The van der Waals surface area contributed by atoms with E-state index in [1.807, 2.05) is 12.1 Å². The highest BCUT2D eigenvalue weighted by Crippen LogP contribution is 2.31. The molecule has 0 radical (unpaired) electrons. The SMILES string of the molecule is COCCNC(C)(C)c1ccc(C(N)=O)c(N2CCC(C)CC2)c1. The van der Waals surface area contributed by atoms with E-state index in [1.165, 1.54) is 0 Å². The first-order valence-electron chi connectivity index (χ1n) is 8.78. The summed E-state index contributed by atoms with van der Waals surface area (Å²) in [7, 11) is 1.70. The van der Waals surface area contributed by atoms with Crippen molar-refractivity contribution in [2.45, 2.75) is 39.2 Å². The van der Waals surface area contributed by atoms with Crippen molar-refractivity contribution in [2.75, 3.05) is 38.3 Å². The number of ether oxygens (including phenoxy) is 1. The Hall–Kier alpha value is -1.59. The van der Waals surface area contributed by atoms with Crippen LogP contribution in [0.3, 0.4) is 0 Å². The zero-order chi connectivity index (χ0) is 17.7. The maximum Gasteiger partial charge on any atom is 0.250 e. The van der Waals surface area contributed by atoms with Crippen molar-refractivity contribution < 1.29 is 9.53 Å². The smallest absolute Gasteiger partial charge is 0.250 e. The highest BCUT2D eigenvalue weighted by Gasteiger charge is 2.25. The molecule has 1 fully saturated rings. The van der Waals surface area contributed by atoms with Gasteiger partial charge in [-0.25, -0.2) is 0 Å². The van der Waals surface area contributed by atoms with E-state index < -0.39 is 0 Å². The van der Waals surface area contributed by atoms with Crippen LogP contribution in [0.25, 0.3) is 0 Å². The molecule has 2 rings (SSSR count). The summed E-state index contributed by atoms with van der Waals surface area (Å²) in [6.07, 6.45) is 2.30. The number of amides is 1. The summed E-state index contributed by atoms with van der Waals surface area (Å²) in [5.74, 6) is 0.383.